The first-order chi connectivity index (χ1) is 15.1. The molecule has 32 heavy (non-hydrogen) atoms. The van der Waals surface area contributed by atoms with Gasteiger partial charge in [-0.25, -0.2) is 0 Å². The Morgan fingerprint density at radius 3 is 1.69 bits per heavy atom. The van der Waals surface area contributed by atoms with Crippen LogP contribution in [-0.2, 0) is 12.8 Å². The van der Waals surface area contributed by atoms with Crippen LogP contribution in [0.2, 0.25) is 0 Å². The van der Waals surface area contributed by atoms with Gasteiger partial charge in [-0.3, -0.25) is 0 Å². The van der Waals surface area contributed by atoms with Gasteiger partial charge in [-0.05, 0) is 56.1 Å². The molecule has 0 heterocycles. The lowest BCUT2D eigenvalue weighted by atomic mass is 9.80. The Labute approximate surface area is 190 Å². The Kier molecular flexibility index (Phi) is 10.3. The van der Waals surface area contributed by atoms with Crippen molar-refractivity contribution in [2.75, 3.05) is 6.61 Å². The Balaban J connectivity index is 2.18. The molecule has 3 unspecified atom stereocenters. The molecule has 2 aromatic carbocycles. The molecule has 7 atom stereocenters. The highest BCUT2D eigenvalue weighted by atomic mass is 16.4. The molecule has 6 nitrogen and oxygen atoms in total. The molecule has 0 radical (unpaired) electrons. The van der Waals surface area contributed by atoms with E-state index in [0.29, 0.717) is 12.8 Å². The summed E-state index contributed by atoms with van der Waals surface area (Å²) in [4.78, 5) is 0. The SMILES string of the molecule is Cc1cccc(CC(C)CC(Cc2cccc(C)c2)C(O)[C@@H](O)[C@@H](O)[C@H](O)[C@@H](O)CO)c1. The van der Waals surface area contributed by atoms with E-state index in [0.717, 1.165) is 17.5 Å². The molecule has 0 saturated carbocycles. The van der Waals surface area contributed by atoms with Crippen molar-refractivity contribution in [2.24, 2.45) is 11.8 Å². The minimum absolute atomic E-state index is 0.193. The second kappa shape index (κ2) is 12.4. The van der Waals surface area contributed by atoms with E-state index in [1.165, 1.54) is 11.1 Å². The van der Waals surface area contributed by atoms with Crippen molar-refractivity contribution < 1.29 is 30.6 Å². The molecule has 0 aromatic heterocycles. The Hall–Kier alpha value is -1.80. The highest BCUT2D eigenvalue weighted by molar-refractivity contribution is 5.24. The fourth-order valence-electron chi connectivity index (χ4n) is 4.35. The van der Waals surface area contributed by atoms with E-state index in [9.17, 15) is 25.5 Å². The van der Waals surface area contributed by atoms with Crippen LogP contribution in [0.15, 0.2) is 48.5 Å². The van der Waals surface area contributed by atoms with E-state index in [2.05, 4.69) is 19.1 Å². The van der Waals surface area contributed by atoms with Crippen LogP contribution in [0.3, 0.4) is 0 Å². The van der Waals surface area contributed by atoms with Crippen molar-refractivity contribution in [3.63, 3.8) is 0 Å². The van der Waals surface area contributed by atoms with Crippen molar-refractivity contribution in [2.45, 2.75) is 70.6 Å². The number of aliphatic hydroxyl groups is 6. The summed E-state index contributed by atoms with van der Waals surface area (Å²) < 4.78 is 0. The zero-order valence-corrected chi connectivity index (χ0v) is 19.2. The second-order valence-electron chi connectivity index (χ2n) is 9.20. The van der Waals surface area contributed by atoms with E-state index in [4.69, 9.17) is 5.11 Å². The van der Waals surface area contributed by atoms with Crippen LogP contribution in [0.4, 0.5) is 0 Å². The summed E-state index contributed by atoms with van der Waals surface area (Å²) in [6.07, 6.45) is -6.29. The van der Waals surface area contributed by atoms with Gasteiger partial charge in [0.2, 0.25) is 0 Å². The summed E-state index contributed by atoms with van der Waals surface area (Å²) in [5.41, 5.74) is 4.48. The number of aliphatic hydroxyl groups excluding tert-OH is 6. The molecule has 6 heteroatoms. The van der Waals surface area contributed by atoms with Crippen LogP contribution in [0.5, 0.6) is 0 Å². The maximum absolute atomic E-state index is 11.0. The molecular formula is C26H38O6. The van der Waals surface area contributed by atoms with Gasteiger partial charge in [0.1, 0.15) is 24.4 Å². The standard InChI is InChI=1S/C26H38O6/c1-16-6-4-8-19(10-16)12-18(3)13-21(14-20-9-5-7-17(2)11-20)23(29)25(31)26(32)24(30)22(28)15-27/h4-11,18,21-32H,12-15H2,1-3H3/t18?,21?,22-,23?,24+,25+,26-/m0/s1. The van der Waals surface area contributed by atoms with Crippen LogP contribution in [0, 0.1) is 25.7 Å². The minimum atomic E-state index is -1.79. The summed E-state index contributed by atoms with van der Waals surface area (Å²) in [6.45, 7) is 5.36. The summed E-state index contributed by atoms with van der Waals surface area (Å²) in [7, 11) is 0. The number of rotatable bonds is 12. The largest absolute Gasteiger partial charge is 0.394 e. The fourth-order valence-corrected chi connectivity index (χ4v) is 4.35. The number of hydrogen-bond acceptors (Lipinski definition) is 6. The molecule has 0 aliphatic heterocycles. The molecule has 0 saturated heterocycles. The predicted molar refractivity (Wildman–Crippen MR) is 124 cm³/mol. The summed E-state index contributed by atoms with van der Waals surface area (Å²) >= 11 is 0. The van der Waals surface area contributed by atoms with Crippen LogP contribution in [0.1, 0.15) is 35.6 Å². The third-order valence-corrected chi connectivity index (χ3v) is 6.07. The van der Waals surface area contributed by atoms with E-state index >= 15 is 0 Å². The van der Waals surface area contributed by atoms with Crippen LogP contribution < -0.4 is 0 Å². The third kappa shape index (κ3) is 7.66. The average Bonchev–Trinajstić information content (AvgIpc) is 2.76. The van der Waals surface area contributed by atoms with Gasteiger partial charge in [0.15, 0.2) is 0 Å². The second-order valence-corrected chi connectivity index (χ2v) is 9.20. The molecule has 0 amide bonds. The van der Waals surface area contributed by atoms with Gasteiger partial charge in [0.05, 0.1) is 12.7 Å². The van der Waals surface area contributed by atoms with E-state index in [-0.39, 0.29) is 11.8 Å². The lowest BCUT2D eigenvalue weighted by Gasteiger charge is -2.34. The maximum atomic E-state index is 11.0. The van der Waals surface area contributed by atoms with E-state index in [1.807, 2.05) is 50.2 Å². The van der Waals surface area contributed by atoms with Crippen molar-refractivity contribution >= 4 is 0 Å². The first-order valence-corrected chi connectivity index (χ1v) is 11.2. The van der Waals surface area contributed by atoms with Crippen LogP contribution in [-0.4, -0.2) is 67.8 Å². The third-order valence-electron chi connectivity index (χ3n) is 6.07. The molecule has 0 spiro atoms. The Bertz CT molecular complexity index is 825. The smallest absolute Gasteiger partial charge is 0.111 e. The summed E-state index contributed by atoms with van der Waals surface area (Å²) in [5, 5.41) is 60.5. The molecule has 0 aliphatic rings. The van der Waals surface area contributed by atoms with Gasteiger partial charge in [-0.15, -0.1) is 0 Å². The predicted octanol–water partition coefficient (Wildman–Crippen LogP) is 1.53. The molecular weight excluding hydrogens is 408 g/mol. The summed E-state index contributed by atoms with van der Waals surface area (Å²) in [5.74, 6) is -0.196. The molecule has 6 N–H and O–H groups in total. The molecule has 2 rings (SSSR count). The molecule has 178 valence electrons. The normalized spacial score (nSPS) is 18.4. The maximum Gasteiger partial charge on any atom is 0.111 e. The van der Waals surface area contributed by atoms with Gasteiger partial charge in [0, 0.05) is 0 Å². The van der Waals surface area contributed by atoms with E-state index in [1.54, 1.807) is 0 Å². The molecule has 0 bridgehead atoms. The minimum Gasteiger partial charge on any atom is -0.394 e. The van der Waals surface area contributed by atoms with Crippen molar-refractivity contribution in [1.29, 1.82) is 0 Å². The molecule has 0 fully saturated rings. The Morgan fingerprint density at radius 1 is 0.688 bits per heavy atom. The quantitative estimate of drug-likeness (QED) is 0.294. The number of hydrogen-bond donors (Lipinski definition) is 6. The van der Waals surface area contributed by atoms with Gasteiger partial charge in [-0.2, -0.15) is 0 Å². The van der Waals surface area contributed by atoms with Gasteiger partial charge in [0.25, 0.3) is 0 Å². The molecule has 2 aromatic rings. The van der Waals surface area contributed by atoms with Crippen LogP contribution in [0.25, 0.3) is 0 Å². The first-order valence-electron chi connectivity index (χ1n) is 11.2. The first kappa shape index (κ1) is 26.5. The zero-order chi connectivity index (χ0) is 23.8. The highest BCUT2D eigenvalue weighted by Crippen LogP contribution is 2.27. The van der Waals surface area contributed by atoms with Crippen molar-refractivity contribution in [1.82, 2.24) is 0 Å². The number of aryl methyl sites for hydroxylation is 2. The van der Waals surface area contributed by atoms with E-state index < -0.39 is 37.1 Å². The van der Waals surface area contributed by atoms with Crippen molar-refractivity contribution in [3.8, 4) is 0 Å². The van der Waals surface area contributed by atoms with Gasteiger partial charge < -0.3 is 30.6 Å². The molecule has 0 aliphatic carbocycles. The van der Waals surface area contributed by atoms with Gasteiger partial charge >= 0.3 is 0 Å². The number of benzene rings is 2. The average molecular weight is 447 g/mol. The summed E-state index contributed by atoms with van der Waals surface area (Å²) in [6, 6.07) is 16.2. The lowest BCUT2D eigenvalue weighted by Crippen LogP contribution is -2.52. The Morgan fingerprint density at radius 2 is 1.19 bits per heavy atom. The van der Waals surface area contributed by atoms with Crippen LogP contribution >= 0.6 is 0 Å². The highest BCUT2D eigenvalue weighted by Gasteiger charge is 2.37. The zero-order valence-electron chi connectivity index (χ0n) is 19.2. The topological polar surface area (TPSA) is 121 Å². The lowest BCUT2D eigenvalue weighted by molar-refractivity contribution is -0.149. The fraction of sp³-hybridized carbons (Fsp3) is 0.538. The van der Waals surface area contributed by atoms with Crippen molar-refractivity contribution in [3.05, 3.63) is 70.8 Å². The van der Waals surface area contributed by atoms with Gasteiger partial charge in [-0.1, -0.05) is 66.6 Å². The monoisotopic (exact) mass is 446 g/mol.